The van der Waals surface area contributed by atoms with Crippen molar-refractivity contribution in [1.29, 1.82) is 0 Å². The van der Waals surface area contributed by atoms with Gasteiger partial charge in [0.25, 0.3) is 5.56 Å². The van der Waals surface area contributed by atoms with Crippen molar-refractivity contribution in [3.05, 3.63) is 50.3 Å². The van der Waals surface area contributed by atoms with Crippen LogP contribution < -0.4 is 5.56 Å². The van der Waals surface area contributed by atoms with Crippen LogP contribution in [0.25, 0.3) is 0 Å². The maximum absolute atomic E-state index is 11.4. The second-order valence-corrected chi connectivity index (χ2v) is 6.07. The van der Waals surface area contributed by atoms with E-state index in [0.29, 0.717) is 10.9 Å². The van der Waals surface area contributed by atoms with Crippen LogP contribution in [-0.2, 0) is 0 Å². The quantitative estimate of drug-likeness (QED) is 0.842. The van der Waals surface area contributed by atoms with Gasteiger partial charge in [0.1, 0.15) is 0 Å². The third-order valence-electron chi connectivity index (χ3n) is 2.48. The van der Waals surface area contributed by atoms with Gasteiger partial charge < -0.3 is 10.1 Å². The monoisotopic (exact) mass is 340 g/mol. The van der Waals surface area contributed by atoms with Crippen LogP contribution >= 0.6 is 27.7 Å². The molecule has 2 rings (SSSR count). The largest absolute Gasteiger partial charge is 0.389 e. The zero-order chi connectivity index (χ0) is 14.0. The van der Waals surface area contributed by atoms with Gasteiger partial charge in [0.05, 0.1) is 6.10 Å². The summed E-state index contributed by atoms with van der Waals surface area (Å²) in [7, 11) is 0. The van der Waals surface area contributed by atoms with Crippen LogP contribution in [-0.4, -0.2) is 15.1 Å². The molecule has 1 heterocycles. The van der Waals surface area contributed by atoms with Crippen LogP contribution in [0.15, 0.2) is 43.6 Å². The van der Waals surface area contributed by atoms with Crippen LogP contribution in [0.4, 0.5) is 0 Å². The van der Waals surface area contributed by atoms with E-state index in [1.807, 2.05) is 18.2 Å². The molecule has 0 aliphatic heterocycles. The Hall–Kier alpha value is -1.11. The van der Waals surface area contributed by atoms with Crippen LogP contribution in [0.2, 0.25) is 0 Å². The minimum Gasteiger partial charge on any atom is -0.389 e. The summed E-state index contributed by atoms with van der Waals surface area (Å²) < 4.78 is 0.836. The number of hydrogen-bond donors (Lipinski definition) is 2. The topological polar surface area (TPSA) is 66.0 Å². The number of aliphatic hydroxyl groups excluding tert-OH is 1. The molecule has 2 aromatic rings. The number of rotatable bonds is 3. The Morgan fingerprint density at radius 3 is 2.74 bits per heavy atom. The van der Waals surface area contributed by atoms with Gasteiger partial charge in [0, 0.05) is 21.1 Å². The third-order valence-corrected chi connectivity index (χ3v) is 4.05. The number of aromatic amines is 1. The van der Waals surface area contributed by atoms with Crippen LogP contribution in [0, 0.1) is 6.92 Å². The van der Waals surface area contributed by atoms with E-state index in [1.54, 1.807) is 13.8 Å². The molecular formula is C13H13BrN2O2S. The summed E-state index contributed by atoms with van der Waals surface area (Å²) in [6.07, 6.45) is -0.523. The van der Waals surface area contributed by atoms with E-state index in [9.17, 15) is 9.90 Å². The fourth-order valence-electron chi connectivity index (χ4n) is 1.62. The predicted octanol–water partition coefficient (Wildman–Crippen LogP) is 3.05. The normalized spacial score (nSPS) is 12.4. The zero-order valence-corrected chi connectivity index (χ0v) is 12.9. The fraction of sp³-hybridized carbons (Fsp3) is 0.231. The third kappa shape index (κ3) is 3.68. The van der Waals surface area contributed by atoms with E-state index in [2.05, 4.69) is 25.9 Å². The Bertz CT molecular complexity index is 655. The van der Waals surface area contributed by atoms with Crippen molar-refractivity contribution < 1.29 is 5.11 Å². The highest BCUT2D eigenvalue weighted by Crippen LogP contribution is 2.31. The molecule has 0 aliphatic carbocycles. The molecule has 0 bridgehead atoms. The lowest BCUT2D eigenvalue weighted by molar-refractivity contribution is 0.198. The van der Waals surface area contributed by atoms with E-state index >= 15 is 0 Å². The fourth-order valence-corrected chi connectivity index (χ4v) is 3.36. The SMILES string of the molecule is Cc1cc(=O)[nH]c(Sc2ccc([C@H](C)O)c(Br)c2)n1. The summed E-state index contributed by atoms with van der Waals surface area (Å²) in [5, 5.41) is 10.1. The molecule has 0 radical (unpaired) electrons. The molecule has 0 saturated carbocycles. The lowest BCUT2D eigenvalue weighted by atomic mass is 10.1. The Morgan fingerprint density at radius 2 is 2.16 bits per heavy atom. The van der Waals surface area contributed by atoms with Crippen molar-refractivity contribution in [2.24, 2.45) is 0 Å². The van der Waals surface area contributed by atoms with E-state index < -0.39 is 6.10 Å². The molecule has 0 fully saturated rings. The van der Waals surface area contributed by atoms with Gasteiger partial charge in [-0.05, 0) is 31.5 Å². The number of hydrogen-bond acceptors (Lipinski definition) is 4. The Balaban J connectivity index is 2.29. The molecule has 6 heteroatoms. The van der Waals surface area contributed by atoms with Gasteiger partial charge in [-0.15, -0.1) is 0 Å². The van der Waals surface area contributed by atoms with Gasteiger partial charge in [-0.25, -0.2) is 4.98 Å². The molecule has 4 nitrogen and oxygen atoms in total. The number of aromatic nitrogens is 2. The van der Waals surface area contributed by atoms with E-state index in [-0.39, 0.29) is 5.56 Å². The summed E-state index contributed by atoms with van der Waals surface area (Å²) in [6, 6.07) is 7.09. The molecule has 1 aromatic heterocycles. The minimum absolute atomic E-state index is 0.158. The first-order chi connectivity index (χ1) is 8.95. The number of aliphatic hydroxyl groups is 1. The molecule has 0 amide bonds. The highest BCUT2D eigenvalue weighted by molar-refractivity contribution is 9.10. The molecule has 0 unspecified atom stereocenters. The average molecular weight is 341 g/mol. The number of aryl methyl sites for hydroxylation is 1. The lowest BCUT2D eigenvalue weighted by Crippen LogP contribution is -2.07. The van der Waals surface area contributed by atoms with E-state index in [0.717, 1.165) is 14.9 Å². The summed E-state index contributed by atoms with van der Waals surface area (Å²) in [5.74, 6) is 0. The molecule has 1 aromatic carbocycles. The van der Waals surface area contributed by atoms with Crippen molar-refractivity contribution in [3.63, 3.8) is 0 Å². The van der Waals surface area contributed by atoms with Gasteiger partial charge >= 0.3 is 0 Å². The number of H-pyrrole nitrogens is 1. The molecule has 1 atom stereocenters. The Labute approximate surface area is 123 Å². The van der Waals surface area contributed by atoms with Gasteiger partial charge in [-0.1, -0.05) is 33.8 Å². The molecule has 0 aliphatic rings. The maximum Gasteiger partial charge on any atom is 0.251 e. The number of benzene rings is 1. The van der Waals surface area contributed by atoms with Crippen LogP contribution in [0.3, 0.4) is 0 Å². The van der Waals surface area contributed by atoms with Crippen LogP contribution in [0.5, 0.6) is 0 Å². The van der Waals surface area contributed by atoms with Gasteiger partial charge in [-0.3, -0.25) is 4.79 Å². The van der Waals surface area contributed by atoms with Gasteiger partial charge in [0.15, 0.2) is 5.16 Å². The highest BCUT2D eigenvalue weighted by atomic mass is 79.9. The molecular weight excluding hydrogens is 328 g/mol. The van der Waals surface area contributed by atoms with Crippen molar-refractivity contribution >= 4 is 27.7 Å². The minimum atomic E-state index is -0.523. The van der Waals surface area contributed by atoms with Gasteiger partial charge in [-0.2, -0.15) is 0 Å². The van der Waals surface area contributed by atoms with Crippen molar-refractivity contribution in [1.82, 2.24) is 9.97 Å². The van der Waals surface area contributed by atoms with Crippen molar-refractivity contribution in [3.8, 4) is 0 Å². The molecule has 2 N–H and O–H groups in total. The Morgan fingerprint density at radius 1 is 1.42 bits per heavy atom. The van der Waals surface area contributed by atoms with Gasteiger partial charge in [0.2, 0.25) is 0 Å². The Kier molecular flexibility index (Phi) is 4.44. The first-order valence-corrected chi connectivity index (χ1v) is 7.30. The second kappa shape index (κ2) is 5.90. The lowest BCUT2D eigenvalue weighted by Gasteiger charge is -2.09. The number of nitrogens with one attached hydrogen (secondary N) is 1. The second-order valence-electron chi connectivity index (χ2n) is 4.15. The molecule has 100 valence electrons. The van der Waals surface area contributed by atoms with E-state index in [1.165, 1.54) is 17.8 Å². The standard InChI is InChI=1S/C13H13BrN2O2S/c1-7-5-12(18)16-13(15-7)19-9-3-4-10(8(2)17)11(14)6-9/h3-6,8,17H,1-2H3,(H,15,16,18)/t8-/m0/s1. The first-order valence-electron chi connectivity index (χ1n) is 5.69. The smallest absolute Gasteiger partial charge is 0.251 e. The first kappa shape index (κ1) is 14.3. The zero-order valence-electron chi connectivity index (χ0n) is 10.5. The molecule has 19 heavy (non-hydrogen) atoms. The summed E-state index contributed by atoms with van der Waals surface area (Å²) in [5.41, 5.74) is 1.36. The van der Waals surface area contributed by atoms with Crippen LogP contribution in [0.1, 0.15) is 24.3 Å². The predicted molar refractivity (Wildman–Crippen MR) is 78.5 cm³/mol. The average Bonchev–Trinajstić information content (AvgIpc) is 2.26. The maximum atomic E-state index is 11.4. The summed E-state index contributed by atoms with van der Waals surface area (Å²) in [4.78, 5) is 19.2. The number of nitrogens with zero attached hydrogens (tertiary/aromatic N) is 1. The highest BCUT2D eigenvalue weighted by Gasteiger charge is 2.08. The van der Waals surface area contributed by atoms with E-state index in [4.69, 9.17) is 0 Å². The molecule has 0 saturated heterocycles. The van der Waals surface area contributed by atoms with Crippen molar-refractivity contribution in [2.75, 3.05) is 0 Å². The molecule has 0 spiro atoms. The van der Waals surface area contributed by atoms with Crippen molar-refractivity contribution in [2.45, 2.75) is 30.0 Å². The summed E-state index contributed by atoms with van der Waals surface area (Å²) >= 11 is 4.80. The summed E-state index contributed by atoms with van der Waals surface area (Å²) in [6.45, 7) is 3.50. The number of halogens is 1.